The Bertz CT molecular complexity index is 2030. The third-order valence-electron chi connectivity index (χ3n) is 6.75. The Hall–Kier alpha value is -4.95. The number of ether oxygens (including phenoxy) is 1. The Morgan fingerprint density at radius 1 is 0.857 bits per heavy atom. The maximum absolute atomic E-state index is 13.5. The summed E-state index contributed by atoms with van der Waals surface area (Å²) in [6, 6.07) is 30.2. The summed E-state index contributed by atoms with van der Waals surface area (Å²) in [4.78, 5) is 18.1. The van der Waals surface area contributed by atoms with Crippen LogP contribution in [0, 0.1) is 0 Å². The van der Waals surface area contributed by atoms with Crippen molar-refractivity contribution in [2.45, 2.75) is 12.8 Å². The van der Waals surface area contributed by atoms with Crippen molar-refractivity contribution in [3.8, 4) is 17.1 Å². The molecule has 0 radical (unpaired) electrons. The molecule has 0 aliphatic carbocycles. The van der Waals surface area contributed by atoms with Gasteiger partial charge in [-0.05, 0) is 58.8 Å². The van der Waals surface area contributed by atoms with Gasteiger partial charge in [0.15, 0.2) is 5.82 Å². The van der Waals surface area contributed by atoms with Crippen molar-refractivity contribution in [2.75, 3.05) is 0 Å². The van der Waals surface area contributed by atoms with Gasteiger partial charge in [0, 0.05) is 16.1 Å². The molecule has 1 aromatic heterocycles. The van der Waals surface area contributed by atoms with Gasteiger partial charge in [-0.2, -0.15) is 22.9 Å². The van der Waals surface area contributed by atoms with Crippen LogP contribution in [0.5, 0.6) is 5.75 Å². The molecule has 5 nitrogen and oxygen atoms in total. The first-order chi connectivity index (χ1) is 20.3. The van der Waals surface area contributed by atoms with Gasteiger partial charge in [0.2, 0.25) is 0 Å². The number of hydrogen-bond donors (Lipinski definition) is 0. The van der Waals surface area contributed by atoms with Gasteiger partial charge in [-0.25, -0.2) is 4.98 Å². The van der Waals surface area contributed by atoms with Gasteiger partial charge in [-0.15, -0.1) is 0 Å². The van der Waals surface area contributed by atoms with Gasteiger partial charge in [0.1, 0.15) is 12.4 Å². The normalized spacial score (nSPS) is 11.9. The maximum atomic E-state index is 13.5. The van der Waals surface area contributed by atoms with Crippen molar-refractivity contribution >= 4 is 39.5 Å². The monoisotopic (exact) mass is 583 g/mol. The predicted molar refractivity (Wildman–Crippen MR) is 159 cm³/mol. The topological polar surface area (TPSA) is 56.5 Å². The molecule has 0 unspecified atom stereocenters. The average molecular weight is 584 g/mol. The summed E-state index contributed by atoms with van der Waals surface area (Å²) in [5.74, 6) is 0.416. The van der Waals surface area contributed by atoms with Gasteiger partial charge < -0.3 is 4.74 Å². The summed E-state index contributed by atoms with van der Waals surface area (Å²) in [5.41, 5.74) is 0.471. The molecule has 0 atom stereocenters. The van der Waals surface area contributed by atoms with E-state index in [0.29, 0.717) is 21.9 Å². The standard InChI is InChI=1S/C33H21ClF3N3O2/c34-26-15-16-30(42-20-23-10-5-8-21-7-1-2-12-27(21)23)24(18-26)19-38-40-31(22-9-6-11-25(17-22)33(35,36)37)39-29-14-4-3-13-28(29)32(40)41/h1-19H,20H2. The zero-order valence-corrected chi connectivity index (χ0v) is 22.6. The fraction of sp³-hybridized carbons (Fsp3) is 0.0606. The number of nitrogens with zero attached hydrogens (tertiary/aromatic N) is 3. The first-order valence-corrected chi connectivity index (χ1v) is 13.3. The van der Waals surface area contributed by atoms with E-state index >= 15 is 0 Å². The smallest absolute Gasteiger partial charge is 0.416 e. The van der Waals surface area contributed by atoms with Gasteiger partial charge >= 0.3 is 6.18 Å². The molecule has 0 amide bonds. The van der Waals surface area contributed by atoms with E-state index in [1.807, 2.05) is 42.5 Å². The molecule has 0 bridgehead atoms. The summed E-state index contributed by atoms with van der Waals surface area (Å²) in [5, 5.41) is 7.22. The molecular weight excluding hydrogens is 563 g/mol. The Kier molecular flexibility index (Phi) is 7.22. The van der Waals surface area contributed by atoms with Gasteiger partial charge in [-0.3, -0.25) is 4.79 Å². The molecule has 0 saturated heterocycles. The van der Waals surface area contributed by atoms with Crippen LogP contribution in [0.25, 0.3) is 33.1 Å². The molecule has 9 heteroatoms. The number of rotatable bonds is 6. The minimum atomic E-state index is -4.57. The first kappa shape index (κ1) is 27.2. The Balaban J connectivity index is 1.42. The second-order valence-electron chi connectivity index (χ2n) is 9.50. The molecule has 0 aliphatic heterocycles. The van der Waals surface area contributed by atoms with Crippen LogP contribution in [0.4, 0.5) is 13.2 Å². The van der Waals surface area contributed by atoms with Crippen LogP contribution in [0.15, 0.2) is 119 Å². The summed E-state index contributed by atoms with van der Waals surface area (Å²) >= 11 is 6.29. The second-order valence-corrected chi connectivity index (χ2v) is 9.94. The number of hydrogen-bond acceptors (Lipinski definition) is 4. The van der Waals surface area contributed by atoms with Crippen molar-refractivity contribution in [3.63, 3.8) is 0 Å². The van der Waals surface area contributed by atoms with E-state index < -0.39 is 17.3 Å². The van der Waals surface area contributed by atoms with Crippen LogP contribution >= 0.6 is 11.6 Å². The number of fused-ring (bicyclic) bond motifs is 2. The minimum Gasteiger partial charge on any atom is -0.488 e. The number of aromatic nitrogens is 2. The minimum absolute atomic E-state index is 0.0405. The lowest BCUT2D eigenvalue weighted by Crippen LogP contribution is -2.20. The molecule has 6 rings (SSSR count). The number of para-hydroxylation sites is 1. The lowest BCUT2D eigenvalue weighted by atomic mass is 10.1. The van der Waals surface area contributed by atoms with E-state index in [1.54, 1.807) is 42.5 Å². The summed E-state index contributed by atoms with van der Waals surface area (Å²) in [6.45, 7) is 0.261. The fourth-order valence-corrected chi connectivity index (χ4v) is 4.88. The predicted octanol–water partition coefficient (Wildman–Crippen LogP) is 8.35. The van der Waals surface area contributed by atoms with Crippen LogP contribution in [0.1, 0.15) is 16.7 Å². The van der Waals surface area contributed by atoms with Crippen molar-refractivity contribution in [3.05, 3.63) is 141 Å². The van der Waals surface area contributed by atoms with Gasteiger partial charge in [0.25, 0.3) is 5.56 Å². The van der Waals surface area contributed by atoms with Crippen molar-refractivity contribution in [2.24, 2.45) is 5.10 Å². The Labute approximate surface area is 243 Å². The van der Waals surface area contributed by atoms with Gasteiger partial charge in [0.05, 0.1) is 22.7 Å². The molecule has 0 fully saturated rings. The lowest BCUT2D eigenvalue weighted by Gasteiger charge is -2.13. The third-order valence-corrected chi connectivity index (χ3v) is 6.98. The molecule has 0 saturated carbocycles. The van der Waals surface area contributed by atoms with E-state index in [4.69, 9.17) is 16.3 Å². The van der Waals surface area contributed by atoms with Crippen molar-refractivity contribution in [1.29, 1.82) is 0 Å². The molecule has 6 aromatic rings. The number of alkyl halides is 3. The number of halogens is 4. The maximum Gasteiger partial charge on any atom is 0.416 e. The highest BCUT2D eigenvalue weighted by Gasteiger charge is 2.31. The van der Waals surface area contributed by atoms with E-state index in [1.165, 1.54) is 18.3 Å². The Morgan fingerprint density at radius 2 is 1.60 bits per heavy atom. The quantitative estimate of drug-likeness (QED) is 0.185. The molecule has 42 heavy (non-hydrogen) atoms. The van der Waals surface area contributed by atoms with Crippen molar-refractivity contribution < 1.29 is 17.9 Å². The average Bonchev–Trinajstić information content (AvgIpc) is 2.99. The summed E-state index contributed by atoms with van der Waals surface area (Å²) in [6.07, 6.45) is -3.18. The first-order valence-electron chi connectivity index (χ1n) is 12.9. The van der Waals surface area contributed by atoms with Crippen LogP contribution in [-0.2, 0) is 12.8 Å². The Morgan fingerprint density at radius 3 is 2.43 bits per heavy atom. The highest BCUT2D eigenvalue weighted by molar-refractivity contribution is 6.30. The highest BCUT2D eigenvalue weighted by Crippen LogP contribution is 2.32. The van der Waals surface area contributed by atoms with E-state index in [0.717, 1.165) is 33.1 Å². The van der Waals surface area contributed by atoms with E-state index in [9.17, 15) is 18.0 Å². The van der Waals surface area contributed by atoms with E-state index in [-0.39, 0.29) is 23.4 Å². The largest absolute Gasteiger partial charge is 0.488 e. The van der Waals surface area contributed by atoms with Crippen LogP contribution in [0.2, 0.25) is 5.02 Å². The molecule has 5 aromatic carbocycles. The second kappa shape index (κ2) is 11.1. The lowest BCUT2D eigenvalue weighted by molar-refractivity contribution is -0.137. The highest BCUT2D eigenvalue weighted by atomic mass is 35.5. The molecule has 0 N–H and O–H groups in total. The summed E-state index contributed by atoms with van der Waals surface area (Å²) in [7, 11) is 0. The van der Waals surface area contributed by atoms with Gasteiger partial charge in [-0.1, -0.05) is 78.3 Å². The number of benzene rings is 5. The molecule has 0 spiro atoms. The van der Waals surface area contributed by atoms with Crippen LogP contribution in [0.3, 0.4) is 0 Å². The molecular formula is C33H21ClF3N3O2. The van der Waals surface area contributed by atoms with Crippen LogP contribution in [-0.4, -0.2) is 15.9 Å². The molecule has 208 valence electrons. The van der Waals surface area contributed by atoms with Crippen LogP contribution < -0.4 is 10.3 Å². The summed E-state index contributed by atoms with van der Waals surface area (Å²) < 4.78 is 47.7. The molecule has 0 aliphatic rings. The van der Waals surface area contributed by atoms with E-state index in [2.05, 4.69) is 10.1 Å². The molecule has 1 heterocycles. The fourth-order valence-electron chi connectivity index (χ4n) is 4.70. The SMILES string of the molecule is O=c1c2ccccc2nc(-c2cccc(C(F)(F)F)c2)n1N=Cc1cc(Cl)ccc1OCc1cccc2ccccc12. The van der Waals surface area contributed by atoms with Crippen molar-refractivity contribution in [1.82, 2.24) is 9.66 Å². The zero-order chi connectivity index (χ0) is 29.3. The zero-order valence-electron chi connectivity index (χ0n) is 21.8. The third kappa shape index (κ3) is 5.49.